The van der Waals surface area contributed by atoms with Gasteiger partial charge in [0.05, 0.1) is 7.11 Å². The van der Waals surface area contributed by atoms with E-state index in [1.807, 2.05) is 12.1 Å². The predicted molar refractivity (Wildman–Crippen MR) is 77.0 cm³/mol. The monoisotopic (exact) mass is 241 g/mol. The van der Waals surface area contributed by atoms with Crippen LogP contribution in [0.25, 0.3) is 0 Å². The topological polar surface area (TPSA) is 12.5 Å². The van der Waals surface area contributed by atoms with Crippen molar-refractivity contribution in [3.63, 3.8) is 0 Å². The third kappa shape index (κ3) is 2.48. The van der Waals surface area contributed by atoms with Gasteiger partial charge < -0.3 is 9.64 Å². The molecule has 0 radical (unpaired) electrons. The van der Waals surface area contributed by atoms with Crippen LogP contribution >= 0.6 is 0 Å². The average Bonchev–Trinajstić information content (AvgIpc) is 2.41. The number of methoxy groups -OCH3 is 1. The first-order chi connectivity index (χ1) is 8.61. The smallest absolute Gasteiger partial charge is 0.119 e. The van der Waals surface area contributed by atoms with E-state index in [1.54, 1.807) is 7.11 Å². The Morgan fingerprint density at radius 2 is 1.44 bits per heavy atom. The van der Waals surface area contributed by atoms with Crippen LogP contribution in [0.4, 0.5) is 11.4 Å². The highest BCUT2D eigenvalue weighted by molar-refractivity contribution is 5.64. The Kier molecular flexibility index (Phi) is 3.56. The van der Waals surface area contributed by atoms with E-state index in [2.05, 4.69) is 56.1 Å². The quantitative estimate of drug-likeness (QED) is 0.802. The molecule has 2 rings (SSSR count). The van der Waals surface area contributed by atoms with Crippen LogP contribution in [0.2, 0.25) is 0 Å². The van der Waals surface area contributed by atoms with E-state index < -0.39 is 0 Å². The van der Waals surface area contributed by atoms with Crippen LogP contribution in [-0.4, -0.2) is 14.2 Å². The molecule has 0 saturated heterocycles. The van der Waals surface area contributed by atoms with Crippen molar-refractivity contribution in [1.29, 1.82) is 0 Å². The molecule has 2 aromatic rings. The molecule has 0 bridgehead atoms. The van der Waals surface area contributed by atoms with Gasteiger partial charge in [-0.3, -0.25) is 0 Å². The lowest BCUT2D eigenvalue weighted by molar-refractivity contribution is 0.415. The van der Waals surface area contributed by atoms with E-state index >= 15 is 0 Å². The number of anilines is 2. The van der Waals surface area contributed by atoms with Crippen LogP contribution in [0.3, 0.4) is 0 Å². The predicted octanol–water partition coefficient (Wildman–Crippen LogP) is 4.08. The molecule has 0 aliphatic carbocycles. The zero-order valence-electron chi connectivity index (χ0n) is 11.4. The Balaban J connectivity index is 2.28. The number of hydrogen-bond acceptors (Lipinski definition) is 2. The molecule has 0 aliphatic rings. The molecular weight excluding hydrogens is 222 g/mol. The van der Waals surface area contributed by atoms with Crippen molar-refractivity contribution < 1.29 is 4.74 Å². The molecule has 0 fully saturated rings. The molecule has 18 heavy (non-hydrogen) atoms. The fourth-order valence-electron chi connectivity index (χ4n) is 1.89. The van der Waals surface area contributed by atoms with Gasteiger partial charge in [-0.25, -0.2) is 0 Å². The van der Waals surface area contributed by atoms with Crippen molar-refractivity contribution in [3.05, 3.63) is 53.6 Å². The van der Waals surface area contributed by atoms with Crippen molar-refractivity contribution in [2.24, 2.45) is 0 Å². The molecule has 0 atom stereocenters. The lowest BCUT2D eigenvalue weighted by Gasteiger charge is -2.20. The standard InChI is InChI=1S/C16H19NO/c1-12-5-6-15(11-13(12)2)17(3)14-7-9-16(18-4)10-8-14/h5-11H,1-4H3. The maximum atomic E-state index is 5.17. The molecule has 2 nitrogen and oxygen atoms in total. The van der Waals surface area contributed by atoms with Crippen molar-refractivity contribution >= 4 is 11.4 Å². The van der Waals surface area contributed by atoms with Gasteiger partial charge in [0.15, 0.2) is 0 Å². The fourth-order valence-corrected chi connectivity index (χ4v) is 1.89. The van der Waals surface area contributed by atoms with Crippen LogP contribution in [-0.2, 0) is 0 Å². The summed E-state index contributed by atoms with van der Waals surface area (Å²) < 4.78 is 5.17. The van der Waals surface area contributed by atoms with Crippen LogP contribution in [0, 0.1) is 13.8 Å². The zero-order valence-corrected chi connectivity index (χ0v) is 11.4. The number of benzene rings is 2. The SMILES string of the molecule is COc1ccc(N(C)c2ccc(C)c(C)c2)cc1. The summed E-state index contributed by atoms with van der Waals surface area (Å²) >= 11 is 0. The van der Waals surface area contributed by atoms with E-state index in [1.165, 1.54) is 16.8 Å². The van der Waals surface area contributed by atoms with E-state index in [0.29, 0.717) is 0 Å². The van der Waals surface area contributed by atoms with Gasteiger partial charge in [-0.05, 0) is 61.4 Å². The molecule has 0 saturated carbocycles. The van der Waals surface area contributed by atoms with E-state index in [4.69, 9.17) is 4.74 Å². The second-order valence-electron chi connectivity index (χ2n) is 4.53. The lowest BCUT2D eigenvalue weighted by atomic mass is 10.1. The minimum atomic E-state index is 0.882. The van der Waals surface area contributed by atoms with Crippen molar-refractivity contribution in [2.75, 3.05) is 19.1 Å². The van der Waals surface area contributed by atoms with E-state index in [0.717, 1.165) is 11.4 Å². The molecule has 2 aromatic carbocycles. The maximum absolute atomic E-state index is 5.17. The molecule has 0 amide bonds. The Hall–Kier alpha value is -1.96. The van der Waals surface area contributed by atoms with Crippen molar-refractivity contribution in [3.8, 4) is 5.75 Å². The lowest BCUT2D eigenvalue weighted by Crippen LogP contribution is -2.09. The summed E-state index contributed by atoms with van der Waals surface area (Å²) in [6.07, 6.45) is 0. The molecule has 2 heteroatoms. The highest BCUT2D eigenvalue weighted by Crippen LogP contribution is 2.26. The van der Waals surface area contributed by atoms with Gasteiger partial charge in [0.25, 0.3) is 0 Å². The first-order valence-corrected chi connectivity index (χ1v) is 6.07. The number of rotatable bonds is 3. The molecule has 0 aliphatic heterocycles. The largest absolute Gasteiger partial charge is 0.497 e. The molecule has 0 aromatic heterocycles. The molecular formula is C16H19NO. The normalized spacial score (nSPS) is 10.2. The summed E-state index contributed by atoms with van der Waals surface area (Å²) in [5.41, 5.74) is 4.98. The second kappa shape index (κ2) is 5.13. The van der Waals surface area contributed by atoms with Crippen LogP contribution in [0.1, 0.15) is 11.1 Å². The molecule has 0 heterocycles. The highest BCUT2D eigenvalue weighted by Gasteiger charge is 2.05. The van der Waals surface area contributed by atoms with Gasteiger partial charge in [0.1, 0.15) is 5.75 Å². The second-order valence-corrected chi connectivity index (χ2v) is 4.53. The van der Waals surface area contributed by atoms with Crippen molar-refractivity contribution in [1.82, 2.24) is 0 Å². The Morgan fingerprint density at radius 3 is 2.00 bits per heavy atom. The third-order valence-corrected chi connectivity index (χ3v) is 3.34. The van der Waals surface area contributed by atoms with Gasteiger partial charge >= 0.3 is 0 Å². The zero-order chi connectivity index (χ0) is 13.1. The number of nitrogens with zero attached hydrogens (tertiary/aromatic N) is 1. The first kappa shape index (κ1) is 12.5. The summed E-state index contributed by atoms with van der Waals surface area (Å²) in [5.74, 6) is 0.882. The molecule has 0 N–H and O–H groups in total. The summed E-state index contributed by atoms with van der Waals surface area (Å²) in [7, 11) is 3.76. The summed E-state index contributed by atoms with van der Waals surface area (Å²) in [5, 5.41) is 0. The first-order valence-electron chi connectivity index (χ1n) is 6.07. The summed E-state index contributed by atoms with van der Waals surface area (Å²) in [4.78, 5) is 2.17. The summed E-state index contributed by atoms with van der Waals surface area (Å²) in [6, 6.07) is 14.6. The minimum absolute atomic E-state index is 0.882. The van der Waals surface area contributed by atoms with Gasteiger partial charge in [-0.1, -0.05) is 6.07 Å². The Labute approximate surface area is 109 Å². The minimum Gasteiger partial charge on any atom is -0.497 e. The van der Waals surface area contributed by atoms with E-state index in [9.17, 15) is 0 Å². The van der Waals surface area contributed by atoms with Gasteiger partial charge in [0, 0.05) is 18.4 Å². The molecule has 0 unspecified atom stereocenters. The highest BCUT2D eigenvalue weighted by atomic mass is 16.5. The van der Waals surface area contributed by atoms with Gasteiger partial charge in [0.2, 0.25) is 0 Å². The average molecular weight is 241 g/mol. The Morgan fingerprint density at radius 1 is 0.833 bits per heavy atom. The number of ether oxygens (including phenoxy) is 1. The number of aryl methyl sites for hydroxylation is 2. The molecule has 0 spiro atoms. The van der Waals surface area contributed by atoms with Gasteiger partial charge in [-0.15, -0.1) is 0 Å². The van der Waals surface area contributed by atoms with E-state index in [-0.39, 0.29) is 0 Å². The van der Waals surface area contributed by atoms with Gasteiger partial charge in [-0.2, -0.15) is 0 Å². The van der Waals surface area contributed by atoms with Crippen molar-refractivity contribution in [2.45, 2.75) is 13.8 Å². The number of hydrogen-bond donors (Lipinski definition) is 0. The molecule has 94 valence electrons. The van der Waals surface area contributed by atoms with Crippen LogP contribution in [0.15, 0.2) is 42.5 Å². The fraction of sp³-hybridized carbons (Fsp3) is 0.250. The van der Waals surface area contributed by atoms with Crippen LogP contribution in [0.5, 0.6) is 5.75 Å². The van der Waals surface area contributed by atoms with Crippen LogP contribution < -0.4 is 9.64 Å². The third-order valence-electron chi connectivity index (χ3n) is 3.34. The Bertz CT molecular complexity index is 531. The summed E-state index contributed by atoms with van der Waals surface area (Å²) in [6.45, 7) is 4.27. The maximum Gasteiger partial charge on any atom is 0.119 e.